The molecule has 0 aliphatic carbocycles. The largest absolute Gasteiger partial charge is 0.480 e. The number of ether oxygens (including phenoxy) is 1. The molecule has 2 amide bonds. The zero-order chi connectivity index (χ0) is 24.6. The van der Waals surface area contributed by atoms with Crippen molar-refractivity contribution in [1.82, 2.24) is 10.6 Å². The number of amides is 2. The maximum atomic E-state index is 13.0. The van der Waals surface area contributed by atoms with Crippen molar-refractivity contribution in [1.29, 1.82) is 0 Å². The average Bonchev–Trinajstić information content (AvgIpc) is 2.84. The van der Waals surface area contributed by atoms with Gasteiger partial charge in [-0.25, -0.2) is 9.59 Å². The number of nitrogens with one attached hydrogen (secondary N) is 2. The van der Waals surface area contributed by atoms with Crippen LogP contribution in [-0.2, 0) is 27.4 Å². The Morgan fingerprint density at radius 1 is 0.794 bits per heavy atom. The molecule has 2 rings (SSSR count). The molecule has 0 radical (unpaired) electrons. The van der Waals surface area contributed by atoms with Gasteiger partial charge in [0.1, 0.15) is 18.7 Å². The van der Waals surface area contributed by atoms with E-state index in [4.69, 9.17) is 4.74 Å². The van der Waals surface area contributed by atoms with Crippen LogP contribution in [0.25, 0.3) is 0 Å². The maximum Gasteiger partial charge on any atom is 0.408 e. The maximum absolute atomic E-state index is 13.0. The summed E-state index contributed by atoms with van der Waals surface area (Å²) >= 11 is 0. The summed E-state index contributed by atoms with van der Waals surface area (Å²) in [6.45, 7) is 2.22. The third-order valence-corrected chi connectivity index (χ3v) is 5.56. The van der Waals surface area contributed by atoms with E-state index in [1.807, 2.05) is 60.7 Å². The first-order valence-electron chi connectivity index (χ1n) is 12.0. The third kappa shape index (κ3) is 10.5. The summed E-state index contributed by atoms with van der Waals surface area (Å²) < 4.78 is 5.26. The number of hydrogen-bond donors (Lipinski definition) is 3. The summed E-state index contributed by atoms with van der Waals surface area (Å²) in [5.41, 5.74) is 1.67. The SMILES string of the molecule is CCCCCCCC[C@H](NC(=O)[C@@H](Cc1ccccc1)NC(=O)OCc1ccccc1)C(=O)O. The number of unbranched alkanes of at least 4 members (excludes halogenated alkanes) is 5. The standard InChI is InChI=1S/C27H36N2O5/c1-2-3-4-5-6-13-18-23(26(31)32)28-25(30)24(19-21-14-9-7-10-15-21)29-27(33)34-20-22-16-11-8-12-17-22/h7-12,14-17,23-24H,2-6,13,18-20H2,1H3,(H,28,30)(H,29,33)(H,31,32)/t23-,24+/m0/s1. The second-order valence-corrected chi connectivity index (χ2v) is 8.40. The first-order chi connectivity index (χ1) is 16.5. The van der Waals surface area contributed by atoms with Crippen molar-refractivity contribution in [3.63, 3.8) is 0 Å². The van der Waals surface area contributed by atoms with Crippen LogP contribution in [0.5, 0.6) is 0 Å². The highest BCUT2D eigenvalue weighted by Crippen LogP contribution is 2.10. The molecule has 0 saturated heterocycles. The lowest BCUT2D eigenvalue weighted by atomic mass is 10.0. The summed E-state index contributed by atoms with van der Waals surface area (Å²) in [6.07, 6.45) is 5.99. The van der Waals surface area contributed by atoms with E-state index in [-0.39, 0.29) is 13.0 Å². The number of aliphatic carboxylic acids is 1. The van der Waals surface area contributed by atoms with Crippen LogP contribution < -0.4 is 10.6 Å². The number of rotatable bonds is 15. The van der Waals surface area contributed by atoms with Gasteiger partial charge < -0.3 is 20.5 Å². The molecule has 0 fully saturated rings. The Balaban J connectivity index is 1.96. The molecule has 0 bridgehead atoms. The van der Waals surface area contributed by atoms with Gasteiger partial charge in [-0.05, 0) is 17.5 Å². The minimum atomic E-state index is -1.08. The molecule has 2 aromatic rings. The normalized spacial score (nSPS) is 12.4. The van der Waals surface area contributed by atoms with Crippen LogP contribution in [-0.4, -0.2) is 35.2 Å². The van der Waals surface area contributed by atoms with E-state index < -0.39 is 30.1 Å². The number of carbonyl (C=O) groups is 3. The van der Waals surface area contributed by atoms with Crippen LogP contribution in [0.2, 0.25) is 0 Å². The number of benzene rings is 2. The zero-order valence-electron chi connectivity index (χ0n) is 19.9. The van der Waals surface area contributed by atoms with Crippen molar-refractivity contribution in [2.24, 2.45) is 0 Å². The Morgan fingerprint density at radius 2 is 1.38 bits per heavy atom. The van der Waals surface area contributed by atoms with Gasteiger partial charge in [-0.1, -0.05) is 106 Å². The molecule has 2 aromatic carbocycles. The van der Waals surface area contributed by atoms with Gasteiger partial charge in [0.25, 0.3) is 0 Å². The lowest BCUT2D eigenvalue weighted by Crippen LogP contribution is -2.52. The molecule has 0 aliphatic rings. The van der Waals surface area contributed by atoms with Crippen molar-refractivity contribution in [3.05, 3.63) is 71.8 Å². The van der Waals surface area contributed by atoms with Gasteiger partial charge in [-0.15, -0.1) is 0 Å². The van der Waals surface area contributed by atoms with Crippen molar-refractivity contribution in [2.45, 2.75) is 77.0 Å². The zero-order valence-corrected chi connectivity index (χ0v) is 19.9. The highest BCUT2D eigenvalue weighted by Gasteiger charge is 2.27. The van der Waals surface area contributed by atoms with Gasteiger partial charge >= 0.3 is 12.1 Å². The Bertz CT molecular complexity index is 873. The van der Waals surface area contributed by atoms with Crippen LogP contribution in [0.4, 0.5) is 4.79 Å². The van der Waals surface area contributed by atoms with Crippen LogP contribution in [0, 0.1) is 0 Å². The molecule has 7 nitrogen and oxygen atoms in total. The fourth-order valence-corrected chi connectivity index (χ4v) is 3.62. The summed E-state index contributed by atoms with van der Waals surface area (Å²) in [5.74, 6) is -1.62. The van der Waals surface area contributed by atoms with Crippen molar-refractivity contribution < 1.29 is 24.2 Å². The molecule has 184 valence electrons. The minimum absolute atomic E-state index is 0.0716. The smallest absolute Gasteiger partial charge is 0.408 e. The molecule has 0 spiro atoms. The average molecular weight is 469 g/mol. The number of alkyl carbamates (subject to hydrolysis) is 1. The summed E-state index contributed by atoms with van der Waals surface area (Å²) in [6, 6.07) is 16.5. The molecule has 0 heterocycles. The molecule has 7 heteroatoms. The summed E-state index contributed by atoms with van der Waals surface area (Å²) in [7, 11) is 0. The summed E-state index contributed by atoms with van der Waals surface area (Å²) in [4.78, 5) is 37.1. The Morgan fingerprint density at radius 3 is 2.00 bits per heavy atom. The van der Waals surface area contributed by atoms with Crippen LogP contribution in [0.15, 0.2) is 60.7 Å². The number of carboxylic acid groups (broad SMARTS) is 1. The topological polar surface area (TPSA) is 105 Å². The van der Waals surface area contributed by atoms with Crippen LogP contribution in [0.1, 0.15) is 63.0 Å². The molecule has 34 heavy (non-hydrogen) atoms. The van der Waals surface area contributed by atoms with Gasteiger partial charge in [0.15, 0.2) is 0 Å². The minimum Gasteiger partial charge on any atom is -0.480 e. The fraction of sp³-hybridized carbons (Fsp3) is 0.444. The predicted molar refractivity (Wildman–Crippen MR) is 131 cm³/mol. The highest BCUT2D eigenvalue weighted by molar-refractivity contribution is 5.89. The van der Waals surface area contributed by atoms with E-state index >= 15 is 0 Å². The Labute approximate surface area is 201 Å². The van der Waals surface area contributed by atoms with Crippen LogP contribution >= 0.6 is 0 Å². The van der Waals surface area contributed by atoms with Gasteiger partial charge in [0.05, 0.1) is 0 Å². The monoisotopic (exact) mass is 468 g/mol. The second-order valence-electron chi connectivity index (χ2n) is 8.40. The van der Waals surface area contributed by atoms with E-state index in [9.17, 15) is 19.5 Å². The van der Waals surface area contributed by atoms with Gasteiger partial charge in [0.2, 0.25) is 5.91 Å². The molecular formula is C27H36N2O5. The Hall–Kier alpha value is -3.35. The highest BCUT2D eigenvalue weighted by atomic mass is 16.5. The predicted octanol–water partition coefficient (Wildman–Crippen LogP) is 4.84. The van der Waals surface area contributed by atoms with Gasteiger partial charge in [-0.3, -0.25) is 4.79 Å². The van der Waals surface area contributed by atoms with Gasteiger partial charge in [0, 0.05) is 6.42 Å². The van der Waals surface area contributed by atoms with Crippen molar-refractivity contribution >= 4 is 18.0 Å². The van der Waals surface area contributed by atoms with E-state index in [2.05, 4.69) is 17.6 Å². The van der Waals surface area contributed by atoms with E-state index in [1.54, 1.807) is 0 Å². The number of carbonyl (C=O) groups excluding carboxylic acids is 2. The number of hydrogen-bond acceptors (Lipinski definition) is 4. The molecule has 0 aromatic heterocycles. The molecule has 2 atom stereocenters. The molecule has 0 unspecified atom stereocenters. The molecule has 0 aliphatic heterocycles. The summed E-state index contributed by atoms with van der Waals surface area (Å²) in [5, 5.41) is 14.8. The van der Waals surface area contributed by atoms with Gasteiger partial charge in [-0.2, -0.15) is 0 Å². The molecule has 3 N–H and O–H groups in total. The first kappa shape index (κ1) is 26.9. The molecular weight excluding hydrogens is 432 g/mol. The second kappa shape index (κ2) is 15.5. The first-order valence-corrected chi connectivity index (χ1v) is 12.0. The Kier molecular flexibility index (Phi) is 12.2. The molecule has 0 saturated carbocycles. The lowest BCUT2D eigenvalue weighted by Gasteiger charge is -2.21. The number of carboxylic acids is 1. The quantitative estimate of drug-likeness (QED) is 0.324. The lowest BCUT2D eigenvalue weighted by molar-refractivity contribution is -0.142. The van der Waals surface area contributed by atoms with Crippen LogP contribution in [0.3, 0.4) is 0 Å². The van der Waals surface area contributed by atoms with Crippen molar-refractivity contribution in [2.75, 3.05) is 0 Å². The fourth-order valence-electron chi connectivity index (χ4n) is 3.62. The van der Waals surface area contributed by atoms with E-state index in [0.717, 1.165) is 43.2 Å². The van der Waals surface area contributed by atoms with Crippen molar-refractivity contribution in [3.8, 4) is 0 Å². The van der Waals surface area contributed by atoms with E-state index in [1.165, 1.54) is 6.42 Å². The third-order valence-electron chi connectivity index (χ3n) is 5.56. The van der Waals surface area contributed by atoms with E-state index in [0.29, 0.717) is 6.42 Å².